The minimum Gasteiger partial charge on any atom is -0.489 e. The van der Waals surface area contributed by atoms with Crippen molar-refractivity contribution in [1.29, 1.82) is 0 Å². The number of ether oxygens (including phenoxy) is 2. The zero-order chi connectivity index (χ0) is 24.2. The lowest BCUT2D eigenvalue weighted by molar-refractivity contribution is -0.140. The number of nitrogens with one attached hydrogen (secondary N) is 1. The summed E-state index contributed by atoms with van der Waals surface area (Å²) >= 11 is 0. The normalized spacial score (nSPS) is 14.7. The molecule has 1 atom stereocenters. The van der Waals surface area contributed by atoms with Crippen LogP contribution in [0.2, 0.25) is 0 Å². The number of para-hydroxylation sites is 1. The predicted octanol–water partition coefficient (Wildman–Crippen LogP) is 5.20. The number of anilines is 1. The van der Waals surface area contributed by atoms with E-state index in [2.05, 4.69) is 34.5 Å². The van der Waals surface area contributed by atoms with Gasteiger partial charge >= 0.3 is 5.97 Å². The van der Waals surface area contributed by atoms with Crippen molar-refractivity contribution in [1.82, 2.24) is 14.8 Å². The van der Waals surface area contributed by atoms with Crippen molar-refractivity contribution in [3.63, 3.8) is 0 Å². The van der Waals surface area contributed by atoms with Gasteiger partial charge in [0.1, 0.15) is 31.3 Å². The summed E-state index contributed by atoms with van der Waals surface area (Å²) in [5.41, 5.74) is 5.12. The first-order valence-corrected chi connectivity index (χ1v) is 11.5. The summed E-state index contributed by atoms with van der Waals surface area (Å²) in [5.74, 6) is 0.810. The van der Waals surface area contributed by atoms with E-state index >= 15 is 0 Å². The van der Waals surface area contributed by atoms with Crippen molar-refractivity contribution < 1.29 is 14.3 Å². The van der Waals surface area contributed by atoms with Gasteiger partial charge in [-0.25, -0.2) is 9.48 Å². The van der Waals surface area contributed by atoms with Crippen LogP contribution >= 0.6 is 0 Å². The van der Waals surface area contributed by atoms with Crippen LogP contribution in [0.1, 0.15) is 35.2 Å². The molecule has 1 aromatic heterocycles. The van der Waals surface area contributed by atoms with Crippen molar-refractivity contribution >= 4 is 11.9 Å². The molecule has 35 heavy (non-hydrogen) atoms. The van der Waals surface area contributed by atoms with E-state index in [9.17, 15) is 4.79 Å². The zero-order valence-electron chi connectivity index (χ0n) is 19.6. The van der Waals surface area contributed by atoms with Crippen LogP contribution in [0.4, 0.5) is 5.95 Å². The lowest BCUT2D eigenvalue weighted by atomic mass is 9.95. The summed E-state index contributed by atoms with van der Waals surface area (Å²) in [4.78, 5) is 17.7. The Morgan fingerprint density at radius 2 is 1.69 bits per heavy atom. The molecule has 176 valence electrons. The van der Waals surface area contributed by atoms with Crippen molar-refractivity contribution in [2.45, 2.75) is 33.1 Å². The second-order valence-electron chi connectivity index (χ2n) is 8.41. The predicted molar refractivity (Wildman–Crippen MR) is 133 cm³/mol. The van der Waals surface area contributed by atoms with Gasteiger partial charge in [0.05, 0.1) is 5.57 Å². The van der Waals surface area contributed by atoms with Crippen LogP contribution in [-0.2, 0) is 22.7 Å². The van der Waals surface area contributed by atoms with E-state index in [4.69, 9.17) is 9.47 Å². The average molecular weight is 467 g/mol. The molecule has 1 aliphatic heterocycles. The van der Waals surface area contributed by atoms with Gasteiger partial charge in [0.25, 0.3) is 0 Å². The number of hydrogen-bond donors (Lipinski definition) is 1. The van der Waals surface area contributed by atoms with Crippen molar-refractivity contribution in [2.75, 3.05) is 5.32 Å². The Labute approximate surface area is 204 Å². The summed E-state index contributed by atoms with van der Waals surface area (Å²) in [6.07, 6.45) is 1.47. The number of carbonyl (C=O) groups is 1. The Hall–Kier alpha value is -4.39. The third-order valence-electron chi connectivity index (χ3n) is 6.09. The number of fused-ring (bicyclic) bond motifs is 1. The fourth-order valence-corrected chi connectivity index (χ4v) is 4.21. The number of hydrogen-bond acceptors (Lipinski definition) is 6. The average Bonchev–Trinajstić information content (AvgIpc) is 3.35. The number of aryl methyl sites for hydroxylation is 1. The summed E-state index contributed by atoms with van der Waals surface area (Å²) in [7, 11) is 0. The van der Waals surface area contributed by atoms with Gasteiger partial charge < -0.3 is 14.8 Å². The summed E-state index contributed by atoms with van der Waals surface area (Å²) in [6, 6.07) is 24.9. The molecule has 4 aromatic rings. The maximum absolute atomic E-state index is 13.4. The Morgan fingerprint density at radius 3 is 2.51 bits per heavy atom. The topological polar surface area (TPSA) is 78.3 Å². The van der Waals surface area contributed by atoms with E-state index in [-0.39, 0.29) is 6.61 Å². The number of rotatable bonds is 7. The van der Waals surface area contributed by atoms with Crippen molar-refractivity contribution in [3.05, 3.63) is 119 Å². The Morgan fingerprint density at radius 1 is 0.943 bits per heavy atom. The molecular weight excluding hydrogens is 440 g/mol. The second-order valence-corrected chi connectivity index (χ2v) is 8.41. The number of esters is 1. The number of aromatic nitrogens is 3. The first kappa shape index (κ1) is 22.4. The van der Waals surface area contributed by atoms with Crippen LogP contribution in [-0.4, -0.2) is 20.7 Å². The SMILES string of the molecule is CC1=C(C(=O)OCc2ccccc2)C(c2ccccc2OCc2ccccc2C)n2ncnc2N1. The third-order valence-corrected chi connectivity index (χ3v) is 6.09. The van der Waals surface area contributed by atoms with E-state index in [0.717, 1.165) is 22.3 Å². The number of benzene rings is 3. The lowest BCUT2D eigenvalue weighted by Crippen LogP contribution is -2.30. The van der Waals surface area contributed by atoms with Gasteiger partial charge in [0.15, 0.2) is 0 Å². The highest BCUT2D eigenvalue weighted by molar-refractivity contribution is 5.92. The monoisotopic (exact) mass is 466 g/mol. The number of nitrogens with zero attached hydrogens (tertiary/aromatic N) is 3. The van der Waals surface area contributed by atoms with Gasteiger partial charge in [0.2, 0.25) is 5.95 Å². The molecule has 7 heteroatoms. The second kappa shape index (κ2) is 9.85. The minimum atomic E-state index is -0.551. The third kappa shape index (κ3) is 4.66. The molecule has 0 saturated heterocycles. The molecule has 7 nitrogen and oxygen atoms in total. The van der Waals surface area contributed by atoms with E-state index < -0.39 is 12.0 Å². The first-order chi connectivity index (χ1) is 17.1. The highest BCUT2D eigenvalue weighted by atomic mass is 16.5. The molecule has 0 fully saturated rings. The van der Waals surface area contributed by atoms with Crippen LogP contribution in [0, 0.1) is 6.92 Å². The summed E-state index contributed by atoms with van der Waals surface area (Å²) in [6.45, 7) is 4.50. The van der Waals surface area contributed by atoms with E-state index in [1.54, 1.807) is 4.68 Å². The highest BCUT2D eigenvalue weighted by Crippen LogP contribution is 2.39. The molecule has 0 radical (unpaired) electrons. The van der Waals surface area contributed by atoms with Gasteiger partial charge in [-0.1, -0.05) is 72.8 Å². The van der Waals surface area contributed by atoms with Gasteiger partial charge in [-0.3, -0.25) is 0 Å². The molecule has 5 rings (SSSR count). The van der Waals surface area contributed by atoms with Crippen LogP contribution in [0.5, 0.6) is 5.75 Å². The Bertz CT molecular complexity index is 1380. The van der Waals surface area contributed by atoms with Crippen molar-refractivity contribution in [2.24, 2.45) is 0 Å². The molecule has 0 amide bonds. The number of allylic oxidation sites excluding steroid dienone is 1. The fraction of sp³-hybridized carbons (Fsp3) is 0.179. The van der Waals surface area contributed by atoms with Gasteiger partial charge in [-0.15, -0.1) is 0 Å². The molecule has 0 saturated carbocycles. The quantitative estimate of drug-likeness (QED) is 0.377. The molecule has 2 heterocycles. The molecule has 0 spiro atoms. The van der Waals surface area contributed by atoms with E-state index in [0.29, 0.717) is 29.6 Å². The summed E-state index contributed by atoms with van der Waals surface area (Å²) in [5, 5.41) is 7.60. The molecule has 1 unspecified atom stereocenters. The molecule has 3 aromatic carbocycles. The fourth-order valence-electron chi connectivity index (χ4n) is 4.21. The molecule has 0 aliphatic carbocycles. The van der Waals surface area contributed by atoms with Crippen LogP contribution in [0.15, 0.2) is 96.5 Å². The summed E-state index contributed by atoms with van der Waals surface area (Å²) < 4.78 is 13.7. The van der Waals surface area contributed by atoms with Gasteiger partial charge in [0, 0.05) is 11.3 Å². The van der Waals surface area contributed by atoms with Gasteiger partial charge in [-0.2, -0.15) is 10.1 Å². The minimum absolute atomic E-state index is 0.179. The Kier molecular flexibility index (Phi) is 6.30. The van der Waals surface area contributed by atoms with Crippen LogP contribution < -0.4 is 10.1 Å². The highest BCUT2D eigenvalue weighted by Gasteiger charge is 2.36. The van der Waals surface area contributed by atoms with E-state index in [1.807, 2.05) is 73.7 Å². The van der Waals surface area contributed by atoms with E-state index in [1.165, 1.54) is 6.33 Å². The first-order valence-electron chi connectivity index (χ1n) is 11.5. The van der Waals surface area contributed by atoms with Crippen LogP contribution in [0.25, 0.3) is 0 Å². The largest absolute Gasteiger partial charge is 0.489 e. The van der Waals surface area contributed by atoms with Crippen molar-refractivity contribution in [3.8, 4) is 5.75 Å². The molecule has 1 N–H and O–H groups in total. The number of carbonyl (C=O) groups excluding carboxylic acids is 1. The lowest BCUT2D eigenvalue weighted by Gasteiger charge is -2.29. The van der Waals surface area contributed by atoms with Gasteiger partial charge in [-0.05, 0) is 36.6 Å². The maximum atomic E-state index is 13.4. The van der Waals surface area contributed by atoms with Crippen LogP contribution in [0.3, 0.4) is 0 Å². The zero-order valence-corrected chi connectivity index (χ0v) is 19.6. The molecule has 0 bridgehead atoms. The molecular formula is C28H26N4O3. The molecule has 1 aliphatic rings. The Balaban J connectivity index is 1.48. The maximum Gasteiger partial charge on any atom is 0.338 e. The smallest absolute Gasteiger partial charge is 0.338 e. The standard InChI is InChI=1S/C28H26N4O3/c1-19-10-6-7-13-22(19)17-34-24-15-9-8-14-23(24)26-25(20(2)31-28-29-18-30-32(26)28)27(33)35-16-21-11-4-3-5-12-21/h3-15,18,26H,16-17H2,1-2H3,(H,29,30,31).